The molecule has 1 aliphatic heterocycles. The molecule has 136 valence electrons. The topological polar surface area (TPSA) is 79.5 Å². The Morgan fingerprint density at radius 2 is 2.04 bits per heavy atom. The lowest BCUT2D eigenvalue weighted by molar-refractivity contribution is -0.121. The van der Waals surface area contributed by atoms with Crippen molar-refractivity contribution in [1.29, 1.82) is 0 Å². The molecule has 2 heterocycles. The monoisotopic (exact) mass is 372 g/mol. The molecule has 3 rings (SSSR count). The first-order valence-corrected chi connectivity index (χ1v) is 9.27. The number of nitrogens with zero attached hydrogens (tertiary/aromatic N) is 1. The number of nitrogens with one attached hydrogen (secondary N) is 1. The summed E-state index contributed by atoms with van der Waals surface area (Å²) in [4.78, 5) is 41.8. The van der Waals surface area contributed by atoms with Crippen LogP contribution in [0.2, 0.25) is 0 Å². The fraction of sp³-hybridized carbons (Fsp3) is 0.316. The summed E-state index contributed by atoms with van der Waals surface area (Å²) >= 11 is 1.73. The van der Waals surface area contributed by atoms with Gasteiger partial charge in [0.1, 0.15) is 5.56 Å². The summed E-state index contributed by atoms with van der Waals surface area (Å²) in [7, 11) is 0. The molecule has 0 unspecified atom stereocenters. The van der Waals surface area contributed by atoms with Gasteiger partial charge in [-0.1, -0.05) is 19.1 Å². The van der Waals surface area contributed by atoms with Crippen molar-refractivity contribution in [3.63, 3.8) is 0 Å². The van der Waals surface area contributed by atoms with Crippen molar-refractivity contribution >= 4 is 29.3 Å². The fourth-order valence-electron chi connectivity index (χ4n) is 2.76. The average molecular weight is 372 g/mol. The Kier molecular flexibility index (Phi) is 5.46. The number of rotatable bonds is 3. The Balaban J connectivity index is 1.72. The predicted octanol–water partition coefficient (Wildman–Crippen LogP) is 2.76. The van der Waals surface area contributed by atoms with Crippen LogP contribution in [-0.2, 0) is 9.53 Å². The van der Waals surface area contributed by atoms with Gasteiger partial charge in [-0.3, -0.25) is 9.59 Å². The van der Waals surface area contributed by atoms with E-state index in [1.54, 1.807) is 29.7 Å². The number of esters is 1. The van der Waals surface area contributed by atoms with Crippen molar-refractivity contribution in [2.75, 3.05) is 18.1 Å². The van der Waals surface area contributed by atoms with Gasteiger partial charge in [0.2, 0.25) is 0 Å². The van der Waals surface area contributed by atoms with Crippen molar-refractivity contribution in [1.82, 2.24) is 4.98 Å². The minimum absolute atomic E-state index is 0.108. The molecule has 0 aliphatic carbocycles. The SMILES string of the molecule is Cc1ccc(C(=O)OCC(=O)N2CC[C@H](C)Sc3ccccc32)c(=O)[nH]1. The number of benzene rings is 1. The molecule has 1 aromatic heterocycles. The number of amides is 1. The molecule has 1 atom stereocenters. The lowest BCUT2D eigenvalue weighted by Crippen LogP contribution is -2.36. The molecule has 2 aromatic rings. The zero-order valence-corrected chi connectivity index (χ0v) is 15.5. The summed E-state index contributed by atoms with van der Waals surface area (Å²) in [5.41, 5.74) is 0.850. The van der Waals surface area contributed by atoms with Crippen LogP contribution in [0.5, 0.6) is 0 Å². The highest BCUT2D eigenvalue weighted by molar-refractivity contribution is 8.00. The van der Waals surface area contributed by atoms with Gasteiger partial charge in [-0.25, -0.2) is 4.79 Å². The highest BCUT2D eigenvalue weighted by atomic mass is 32.2. The first kappa shape index (κ1) is 18.3. The van der Waals surface area contributed by atoms with Crippen LogP contribution in [0.1, 0.15) is 29.4 Å². The third kappa shape index (κ3) is 3.99. The zero-order chi connectivity index (χ0) is 18.7. The van der Waals surface area contributed by atoms with E-state index in [0.717, 1.165) is 17.0 Å². The number of aryl methyl sites for hydroxylation is 1. The molecule has 1 aliphatic rings. The van der Waals surface area contributed by atoms with Crippen LogP contribution in [0.3, 0.4) is 0 Å². The van der Waals surface area contributed by atoms with Gasteiger partial charge in [0.05, 0.1) is 5.69 Å². The lowest BCUT2D eigenvalue weighted by Gasteiger charge is -2.22. The number of aromatic nitrogens is 1. The van der Waals surface area contributed by atoms with E-state index in [1.165, 1.54) is 6.07 Å². The number of carbonyl (C=O) groups excluding carboxylic acids is 2. The first-order valence-electron chi connectivity index (χ1n) is 8.39. The molecule has 26 heavy (non-hydrogen) atoms. The molecule has 1 aromatic carbocycles. The maximum atomic E-state index is 12.6. The molecule has 1 amide bonds. The number of carbonyl (C=O) groups is 2. The van der Waals surface area contributed by atoms with Crippen LogP contribution in [0, 0.1) is 6.92 Å². The van der Waals surface area contributed by atoms with Crippen LogP contribution < -0.4 is 10.5 Å². The number of hydrogen-bond donors (Lipinski definition) is 1. The van der Waals surface area contributed by atoms with Crippen molar-refractivity contribution < 1.29 is 14.3 Å². The second kappa shape index (κ2) is 7.78. The summed E-state index contributed by atoms with van der Waals surface area (Å²) in [5, 5.41) is 0.391. The maximum Gasteiger partial charge on any atom is 0.344 e. The number of hydrogen-bond acceptors (Lipinski definition) is 5. The zero-order valence-electron chi connectivity index (χ0n) is 14.7. The van der Waals surface area contributed by atoms with E-state index in [4.69, 9.17) is 4.74 Å². The van der Waals surface area contributed by atoms with Gasteiger partial charge in [-0.2, -0.15) is 0 Å². The van der Waals surface area contributed by atoms with Crippen LogP contribution in [0.4, 0.5) is 5.69 Å². The molecule has 0 spiro atoms. The first-order chi connectivity index (χ1) is 12.5. The van der Waals surface area contributed by atoms with Gasteiger partial charge in [-0.05, 0) is 37.6 Å². The summed E-state index contributed by atoms with van der Waals surface area (Å²) in [6.45, 7) is 4.00. The van der Waals surface area contributed by atoms with Crippen LogP contribution >= 0.6 is 11.8 Å². The normalized spacial score (nSPS) is 16.5. The Morgan fingerprint density at radius 1 is 1.27 bits per heavy atom. The third-order valence-electron chi connectivity index (χ3n) is 4.15. The Hall–Kier alpha value is -2.54. The van der Waals surface area contributed by atoms with E-state index in [2.05, 4.69) is 11.9 Å². The lowest BCUT2D eigenvalue weighted by atomic mass is 10.2. The van der Waals surface area contributed by atoms with E-state index in [1.807, 2.05) is 24.3 Å². The molecule has 7 heteroatoms. The van der Waals surface area contributed by atoms with E-state index in [-0.39, 0.29) is 11.5 Å². The summed E-state index contributed by atoms with van der Waals surface area (Å²) in [6.07, 6.45) is 0.844. The molecule has 0 saturated carbocycles. The van der Waals surface area contributed by atoms with Crippen molar-refractivity contribution in [2.45, 2.75) is 30.4 Å². The number of thioether (sulfide) groups is 1. The van der Waals surface area contributed by atoms with Gasteiger partial charge in [0.15, 0.2) is 6.61 Å². The van der Waals surface area contributed by atoms with Gasteiger partial charge < -0.3 is 14.6 Å². The molecule has 0 bridgehead atoms. The van der Waals surface area contributed by atoms with Gasteiger partial charge in [0, 0.05) is 22.4 Å². The van der Waals surface area contributed by atoms with Crippen molar-refractivity contribution in [3.05, 3.63) is 58.0 Å². The minimum Gasteiger partial charge on any atom is -0.452 e. The standard InChI is InChI=1S/C19H20N2O4S/c1-12-7-8-14(18(23)20-12)19(24)25-11-17(22)21-10-9-13(2)26-16-6-4-3-5-15(16)21/h3-8,13H,9-11H2,1-2H3,(H,20,23)/t13-/m0/s1. The fourth-order valence-corrected chi connectivity index (χ4v) is 3.87. The predicted molar refractivity (Wildman–Crippen MR) is 101 cm³/mol. The third-order valence-corrected chi connectivity index (χ3v) is 5.38. The second-order valence-corrected chi connectivity index (χ2v) is 7.67. The van der Waals surface area contributed by atoms with Crippen LogP contribution in [0.15, 0.2) is 46.1 Å². The number of anilines is 1. The van der Waals surface area contributed by atoms with Gasteiger partial charge >= 0.3 is 5.97 Å². The molecule has 1 N–H and O–H groups in total. The number of H-pyrrole nitrogens is 1. The van der Waals surface area contributed by atoms with Crippen LogP contribution in [-0.4, -0.2) is 35.3 Å². The van der Waals surface area contributed by atoms with Crippen molar-refractivity contribution in [2.24, 2.45) is 0 Å². The Morgan fingerprint density at radius 3 is 2.81 bits per heavy atom. The maximum absolute atomic E-state index is 12.6. The summed E-state index contributed by atoms with van der Waals surface area (Å²) < 4.78 is 5.09. The number of para-hydroxylation sites is 1. The van der Waals surface area contributed by atoms with E-state index < -0.39 is 18.1 Å². The molecule has 6 nitrogen and oxygen atoms in total. The molecule has 0 fully saturated rings. The van der Waals surface area contributed by atoms with Crippen molar-refractivity contribution in [3.8, 4) is 0 Å². The smallest absolute Gasteiger partial charge is 0.344 e. The Labute approximate surface area is 155 Å². The highest BCUT2D eigenvalue weighted by Crippen LogP contribution is 2.37. The Bertz CT molecular complexity index is 893. The number of aromatic amines is 1. The number of pyridine rings is 1. The highest BCUT2D eigenvalue weighted by Gasteiger charge is 2.25. The quantitative estimate of drug-likeness (QED) is 0.838. The van der Waals surface area contributed by atoms with E-state index in [0.29, 0.717) is 17.5 Å². The molecular formula is C19H20N2O4S. The number of ether oxygens (including phenoxy) is 1. The molecular weight excluding hydrogens is 352 g/mol. The minimum atomic E-state index is -0.801. The van der Waals surface area contributed by atoms with E-state index >= 15 is 0 Å². The largest absolute Gasteiger partial charge is 0.452 e. The van der Waals surface area contributed by atoms with Crippen LogP contribution in [0.25, 0.3) is 0 Å². The summed E-state index contributed by atoms with van der Waals surface area (Å²) in [6, 6.07) is 10.7. The summed E-state index contributed by atoms with van der Waals surface area (Å²) in [5.74, 6) is -1.10. The number of fused-ring (bicyclic) bond motifs is 1. The van der Waals surface area contributed by atoms with E-state index in [9.17, 15) is 14.4 Å². The second-order valence-electron chi connectivity index (χ2n) is 6.19. The average Bonchev–Trinajstić information content (AvgIpc) is 2.77. The molecule has 0 saturated heterocycles. The molecule has 0 radical (unpaired) electrons. The van der Waals surface area contributed by atoms with Gasteiger partial charge in [0.25, 0.3) is 11.5 Å². The van der Waals surface area contributed by atoms with Gasteiger partial charge in [-0.15, -0.1) is 11.8 Å².